The largest absolute Gasteiger partial charge is 0.481 e. The summed E-state index contributed by atoms with van der Waals surface area (Å²) in [7, 11) is 0. The summed E-state index contributed by atoms with van der Waals surface area (Å²) >= 11 is 0. The van der Waals surface area contributed by atoms with Gasteiger partial charge in [0.25, 0.3) is 0 Å². The molecule has 2 heterocycles. The number of carboxylic acid groups (broad SMARTS) is 1. The molecule has 1 N–H and O–H groups in total. The number of hydrogen-bond acceptors (Lipinski definition) is 3. The summed E-state index contributed by atoms with van der Waals surface area (Å²) in [5.74, 6) is -1.72. The van der Waals surface area contributed by atoms with Crippen LogP contribution in [0.25, 0.3) is 11.1 Å². The SMILES string of the molecule is O=C(O)Cc1ncc(-c2cccnc2)cc1F. The number of halogens is 1. The summed E-state index contributed by atoms with van der Waals surface area (Å²) in [6.07, 6.45) is 4.23. The van der Waals surface area contributed by atoms with E-state index >= 15 is 0 Å². The highest BCUT2D eigenvalue weighted by Gasteiger charge is 2.10. The van der Waals surface area contributed by atoms with E-state index in [-0.39, 0.29) is 5.69 Å². The third-order valence-electron chi connectivity index (χ3n) is 2.23. The summed E-state index contributed by atoms with van der Waals surface area (Å²) in [6.45, 7) is 0. The summed E-state index contributed by atoms with van der Waals surface area (Å²) in [5, 5.41) is 8.56. The predicted octanol–water partition coefficient (Wildman–Crippen LogP) is 1.91. The van der Waals surface area contributed by atoms with Crippen molar-refractivity contribution in [3.63, 3.8) is 0 Å². The molecule has 0 atom stereocenters. The van der Waals surface area contributed by atoms with Crippen molar-refractivity contribution in [1.29, 1.82) is 0 Å². The van der Waals surface area contributed by atoms with Gasteiger partial charge in [0, 0.05) is 29.7 Å². The number of aromatic nitrogens is 2. The zero-order valence-corrected chi connectivity index (χ0v) is 8.80. The number of hydrogen-bond donors (Lipinski definition) is 1. The fraction of sp³-hybridized carbons (Fsp3) is 0.0833. The second-order valence-corrected chi connectivity index (χ2v) is 3.46. The van der Waals surface area contributed by atoms with E-state index in [0.717, 1.165) is 5.56 Å². The molecule has 0 saturated carbocycles. The van der Waals surface area contributed by atoms with Crippen molar-refractivity contribution in [2.75, 3.05) is 0 Å². The fourth-order valence-corrected chi connectivity index (χ4v) is 1.43. The first-order valence-electron chi connectivity index (χ1n) is 4.93. The topological polar surface area (TPSA) is 63.1 Å². The van der Waals surface area contributed by atoms with Gasteiger partial charge >= 0.3 is 5.97 Å². The highest BCUT2D eigenvalue weighted by molar-refractivity contribution is 5.70. The van der Waals surface area contributed by atoms with E-state index in [0.29, 0.717) is 5.56 Å². The molecule has 2 aromatic rings. The lowest BCUT2D eigenvalue weighted by molar-refractivity contribution is -0.136. The van der Waals surface area contributed by atoms with Crippen LogP contribution in [0.15, 0.2) is 36.8 Å². The quantitative estimate of drug-likeness (QED) is 0.877. The normalized spacial score (nSPS) is 10.2. The molecule has 0 unspecified atom stereocenters. The average molecular weight is 232 g/mol. The standard InChI is InChI=1S/C12H9FN2O2/c13-10-4-9(8-2-1-3-14-6-8)7-15-11(10)5-12(16)17/h1-4,6-7H,5H2,(H,16,17). The Kier molecular flexibility index (Phi) is 3.09. The third kappa shape index (κ3) is 2.63. The van der Waals surface area contributed by atoms with Gasteiger partial charge in [0.15, 0.2) is 0 Å². The number of carboxylic acids is 1. The Balaban J connectivity index is 2.34. The molecule has 0 aliphatic rings. The van der Waals surface area contributed by atoms with Gasteiger partial charge in [0.2, 0.25) is 0 Å². The molecule has 0 fully saturated rings. The van der Waals surface area contributed by atoms with E-state index in [1.807, 2.05) is 0 Å². The molecule has 0 aliphatic carbocycles. The van der Waals surface area contributed by atoms with Gasteiger partial charge in [-0.05, 0) is 12.1 Å². The lowest BCUT2D eigenvalue weighted by atomic mass is 10.1. The maximum Gasteiger partial charge on any atom is 0.309 e. The van der Waals surface area contributed by atoms with Crippen LogP contribution in [-0.4, -0.2) is 21.0 Å². The van der Waals surface area contributed by atoms with Gasteiger partial charge in [-0.2, -0.15) is 0 Å². The summed E-state index contributed by atoms with van der Waals surface area (Å²) in [6, 6.07) is 4.78. The van der Waals surface area contributed by atoms with Crippen molar-refractivity contribution in [2.24, 2.45) is 0 Å². The first-order chi connectivity index (χ1) is 8.16. The van der Waals surface area contributed by atoms with E-state index in [4.69, 9.17) is 5.11 Å². The smallest absolute Gasteiger partial charge is 0.309 e. The van der Waals surface area contributed by atoms with Crippen LogP contribution >= 0.6 is 0 Å². The van der Waals surface area contributed by atoms with Crippen LogP contribution < -0.4 is 0 Å². The number of carbonyl (C=O) groups is 1. The zero-order valence-electron chi connectivity index (χ0n) is 8.80. The van der Waals surface area contributed by atoms with Crippen molar-refractivity contribution >= 4 is 5.97 Å². The molecule has 0 aromatic carbocycles. The van der Waals surface area contributed by atoms with E-state index in [9.17, 15) is 9.18 Å². The maximum absolute atomic E-state index is 13.5. The minimum absolute atomic E-state index is 0.0647. The van der Waals surface area contributed by atoms with Crippen molar-refractivity contribution in [3.8, 4) is 11.1 Å². The van der Waals surface area contributed by atoms with Gasteiger partial charge in [-0.15, -0.1) is 0 Å². The molecular weight excluding hydrogens is 223 g/mol. The lowest BCUT2D eigenvalue weighted by Gasteiger charge is -2.03. The number of aliphatic carboxylic acids is 1. The Morgan fingerprint density at radius 3 is 2.76 bits per heavy atom. The number of nitrogens with zero attached hydrogens (tertiary/aromatic N) is 2. The monoisotopic (exact) mass is 232 g/mol. The van der Waals surface area contributed by atoms with Crippen LogP contribution in [0.2, 0.25) is 0 Å². The van der Waals surface area contributed by atoms with Crippen molar-refractivity contribution in [2.45, 2.75) is 6.42 Å². The molecule has 0 aliphatic heterocycles. The Morgan fingerprint density at radius 1 is 1.35 bits per heavy atom. The van der Waals surface area contributed by atoms with Crippen molar-refractivity contribution < 1.29 is 14.3 Å². The molecule has 5 heteroatoms. The van der Waals surface area contributed by atoms with Crippen LogP contribution in [0.5, 0.6) is 0 Å². The molecule has 0 radical (unpaired) electrons. The number of rotatable bonds is 3. The Labute approximate surface area is 96.8 Å². The fourth-order valence-electron chi connectivity index (χ4n) is 1.43. The van der Waals surface area contributed by atoms with Crippen LogP contribution in [0.1, 0.15) is 5.69 Å². The molecule has 0 spiro atoms. The Hall–Kier alpha value is -2.30. The Bertz CT molecular complexity index is 543. The van der Waals surface area contributed by atoms with E-state index < -0.39 is 18.2 Å². The van der Waals surface area contributed by atoms with Crippen molar-refractivity contribution in [3.05, 3.63) is 48.3 Å². The van der Waals surface area contributed by atoms with Crippen LogP contribution in [0.3, 0.4) is 0 Å². The molecule has 0 amide bonds. The third-order valence-corrected chi connectivity index (χ3v) is 2.23. The van der Waals surface area contributed by atoms with Gasteiger partial charge in [-0.3, -0.25) is 14.8 Å². The summed E-state index contributed by atoms with van der Waals surface area (Å²) in [4.78, 5) is 18.2. The highest BCUT2D eigenvalue weighted by atomic mass is 19.1. The van der Waals surface area contributed by atoms with Gasteiger partial charge < -0.3 is 5.11 Å². The minimum atomic E-state index is -1.11. The van der Waals surface area contributed by atoms with E-state index in [2.05, 4.69) is 9.97 Å². The molecule has 17 heavy (non-hydrogen) atoms. The molecule has 2 aromatic heterocycles. The van der Waals surface area contributed by atoms with Gasteiger partial charge in [0.05, 0.1) is 12.1 Å². The van der Waals surface area contributed by atoms with Gasteiger partial charge in [-0.25, -0.2) is 4.39 Å². The van der Waals surface area contributed by atoms with E-state index in [1.54, 1.807) is 24.5 Å². The first kappa shape index (κ1) is 11.2. The van der Waals surface area contributed by atoms with Crippen LogP contribution in [0.4, 0.5) is 4.39 Å². The molecule has 2 rings (SSSR count). The van der Waals surface area contributed by atoms with Crippen molar-refractivity contribution in [1.82, 2.24) is 9.97 Å². The van der Waals surface area contributed by atoms with Gasteiger partial charge in [0.1, 0.15) is 5.82 Å². The maximum atomic E-state index is 13.5. The second-order valence-electron chi connectivity index (χ2n) is 3.46. The predicted molar refractivity (Wildman–Crippen MR) is 58.8 cm³/mol. The Morgan fingerprint density at radius 2 is 2.18 bits per heavy atom. The van der Waals surface area contributed by atoms with Crippen LogP contribution in [-0.2, 0) is 11.2 Å². The highest BCUT2D eigenvalue weighted by Crippen LogP contribution is 2.19. The average Bonchev–Trinajstić information content (AvgIpc) is 2.32. The van der Waals surface area contributed by atoms with Gasteiger partial charge in [-0.1, -0.05) is 6.07 Å². The minimum Gasteiger partial charge on any atom is -0.481 e. The summed E-state index contributed by atoms with van der Waals surface area (Å²) in [5.41, 5.74) is 1.25. The lowest BCUT2D eigenvalue weighted by Crippen LogP contribution is -2.05. The molecule has 86 valence electrons. The number of pyridine rings is 2. The second kappa shape index (κ2) is 4.69. The van der Waals surface area contributed by atoms with Crippen LogP contribution in [0, 0.1) is 5.82 Å². The molecule has 0 bridgehead atoms. The molecule has 4 nitrogen and oxygen atoms in total. The molecule has 0 saturated heterocycles. The molecular formula is C12H9FN2O2. The van der Waals surface area contributed by atoms with E-state index in [1.165, 1.54) is 12.3 Å². The summed E-state index contributed by atoms with van der Waals surface area (Å²) < 4.78 is 13.5. The first-order valence-corrected chi connectivity index (χ1v) is 4.93. The zero-order chi connectivity index (χ0) is 12.3.